The Morgan fingerprint density at radius 2 is 2.17 bits per heavy atom. The Bertz CT molecular complexity index is 430. The molecule has 0 spiro atoms. The molecule has 2 atom stereocenters. The molecule has 1 aliphatic rings. The summed E-state index contributed by atoms with van der Waals surface area (Å²) < 4.78 is 1.64. The molecule has 1 heterocycles. The Kier molecular flexibility index (Phi) is 4.43. The Balaban J connectivity index is 2.04. The van der Waals surface area contributed by atoms with E-state index in [-0.39, 0.29) is 11.9 Å². The van der Waals surface area contributed by atoms with Gasteiger partial charge in [-0.3, -0.25) is 9.48 Å². The van der Waals surface area contributed by atoms with Crippen LogP contribution in [0.2, 0.25) is 0 Å². The van der Waals surface area contributed by atoms with Gasteiger partial charge in [-0.2, -0.15) is 5.10 Å². The Morgan fingerprint density at radius 1 is 1.44 bits per heavy atom. The number of nitrogens with one attached hydrogen (secondary N) is 1. The normalized spacial score (nSPS) is 24.6. The molecular formula is C13H20BrN3O. The van der Waals surface area contributed by atoms with E-state index in [1.54, 1.807) is 11.7 Å². The number of carbonyl (C=O) groups is 1. The molecule has 0 aliphatic heterocycles. The lowest BCUT2D eigenvalue weighted by atomic mass is 10.1. The minimum atomic E-state index is -0.0190. The highest BCUT2D eigenvalue weighted by atomic mass is 79.9. The molecular weight excluding hydrogens is 294 g/mol. The molecule has 1 aromatic heterocycles. The van der Waals surface area contributed by atoms with Crippen molar-refractivity contribution in [1.82, 2.24) is 15.1 Å². The summed E-state index contributed by atoms with van der Waals surface area (Å²) in [5.41, 5.74) is 1.51. The van der Waals surface area contributed by atoms with Gasteiger partial charge in [0.15, 0.2) is 0 Å². The number of rotatable bonds is 2. The first-order chi connectivity index (χ1) is 8.58. The molecule has 18 heavy (non-hydrogen) atoms. The molecule has 1 N–H and O–H groups in total. The van der Waals surface area contributed by atoms with E-state index in [1.165, 1.54) is 19.3 Å². The Morgan fingerprint density at radius 3 is 2.83 bits per heavy atom. The van der Waals surface area contributed by atoms with Crippen molar-refractivity contribution >= 4 is 21.8 Å². The third-order valence-electron chi connectivity index (χ3n) is 3.48. The highest BCUT2D eigenvalue weighted by molar-refractivity contribution is 9.09. The van der Waals surface area contributed by atoms with Crippen LogP contribution in [0.15, 0.2) is 6.07 Å². The summed E-state index contributed by atoms with van der Waals surface area (Å²) in [6.07, 6.45) is 5.89. The fourth-order valence-corrected chi connectivity index (χ4v) is 3.21. The number of nitrogens with zero attached hydrogens (tertiary/aromatic N) is 2. The van der Waals surface area contributed by atoms with E-state index >= 15 is 0 Å². The molecule has 1 fully saturated rings. The van der Waals surface area contributed by atoms with Crippen LogP contribution in [0.5, 0.6) is 0 Å². The van der Waals surface area contributed by atoms with Gasteiger partial charge < -0.3 is 5.32 Å². The van der Waals surface area contributed by atoms with Crippen LogP contribution >= 0.6 is 15.9 Å². The summed E-state index contributed by atoms with van der Waals surface area (Å²) in [7, 11) is 1.81. The van der Waals surface area contributed by atoms with E-state index in [0.29, 0.717) is 10.5 Å². The van der Waals surface area contributed by atoms with Gasteiger partial charge in [0.25, 0.3) is 5.91 Å². The van der Waals surface area contributed by atoms with Gasteiger partial charge in [0, 0.05) is 17.9 Å². The molecule has 2 unspecified atom stereocenters. The zero-order valence-electron chi connectivity index (χ0n) is 10.9. The number of aromatic nitrogens is 2. The number of aryl methyl sites for hydroxylation is 2. The van der Waals surface area contributed by atoms with Gasteiger partial charge in [0.1, 0.15) is 5.69 Å². The third-order valence-corrected chi connectivity index (χ3v) is 4.58. The molecule has 0 radical (unpaired) electrons. The molecule has 2 rings (SSSR count). The number of hydrogen-bond donors (Lipinski definition) is 1. The van der Waals surface area contributed by atoms with Crippen molar-refractivity contribution < 1.29 is 4.79 Å². The zero-order chi connectivity index (χ0) is 13.1. The quantitative estimate of drug-likeness (QED) is 0.674. The van der Waals surface area contributed by atoms with E-state index < -0.39 is 0 Å². The van der Waals surface area contributed by atoms with Crippen LogP contribution < -0.4 is 5.32 Å². The standard InChI is InChI=1S/C13H20BrN3O/c1-9-8-12(17(2)16-9)13(18)15-11-7-5-3-4-6-10(11)14/h8,10-11H,3-7H2,1-2H3,(H,15,18). The van der Waals surface area contributed by atoms with Crippen LogP contribution in [0.3, 0.4) is 0 Å². The smallest absolute Gasteiger partial charge is 0.269 e. The fraction of sp³-hybridized carbons (Fsp3) is 0.692. The van der Waals surface area contributed by atoms with E-state index in [4.69, 9.17) is 0 Å². The lowest BCUT2D eigenvalue weighted by Crippen LogP contribution is -2.41. The minimum Gasteiger partial charge on any atom is -0.347 e. The first kappa shape index (κ1) is 13.6. The topological polar surface area (TPSA) is 46.9 Å². The van der Waals surface area contributed by atoms with Crippen molar-refractivity contribution in [3.63, 3.8) is 0 Å². The number of hydrogen-bond acceptors (Lipinski definition) is 2. The summed E-state index contributed by atoms with van der Waals surface area (Å²) in [6.45, 7) is 1.90. The SMILES string of the molecule is Cc1cc(C(=O)NC2CCCCCC2Br)n(C)n1. The van der Waals surface area contributed by atoms with Crippen LogP contribution in [-0.4, -0.2) is 26.6 Å². The summed E-state index contributed by atoms with van der Waals surface area (Å²) in [5, 5.41) is 7.34. The van der Waals surface area contributed by atoms with E-state index in [0.717, 1.165) is 18.5 Å². The molecule has 1 aliphatic carbocycles. The molecule has 5 heteroatoms. The van der Waals surface area contributed by atoms with Crippen molar-refractivity contribution in [3.05, 3.63) is 17.5 Å². The first-order valence-corrected chi connectivity index (χ1v) is 7.45. The molecule has 100 valence electrons. The summed E-state index contributed by atoms with van der Waals surface area (Å²) in [6, 6.07) is 2.06. The van der Waals surface area contributed by atoms with Gasteiger partial charge in [-0.15, -0.1) is 0 Å². The van der Waals surface area contributed by atoms with Crippen LogP contribution in [0.25, 0.3) is 0 Å². The van der Waals surface area contributed by atoms with Crippen molar-refractivity contribution in [2.24, 2.45) is 7.05 Å². The highest BCUT2D eigenvalue weighted by Gasteiger charge is 2.24. The largest absolute Gasteiger partial charge is 0.347 e. The van der Waals surface area contributed by atoms with Crippen molar-refractivity contribution in [3.8, 4) is 0 Å². The average molecular weight is 314 g/mol. The van der Waals surface area contributed by atoms with E-state index in [2.05, 4.69) is 26.3 Å². The second-order valence-electron chi connectivity index (χ2n) is 5.03. The minimum absolute atomic E-state index is 0.0190. The first-order valence-electron chi connectivity index (χ1n) is 6.53. The van der Waals surface area contributed by atoms with E-state index in [1.807, 2.05) is 13.0 Å². The summed E-state index contributed by atoms with van der Waals surface area (Å²) >= 11 is 3.69. The maximum atomic E-state index is 12.2. The molecule has 4 nitrogen and oxygen atoms in total. The van der Waals surface area contributed by atoms with Gasteiger partial charge in [0.2, 0.25) is 0 Å². The van der Waals surface area contributed by atoms with Gasteiger partial charge in [-0.25, -0.2) is 0 Å². The predicted octanol–water partition coefficient (Wildman–Crippen LogP) is 2.55. The van der Waals surface area contributed by atoms with Crippen molar-refractivity contribution in [1.29, 1.82) is 0 Å². The van der Waals surface area contributed by atoms with Crippen molar-refractivity contribution in [2.75, 3.05) is 0 Å². The molecule has 0 saturated heterocycles. The van der Waals surface area contributed by atoms with Gasteiger partial charge >= 0.3 is 0 Å². The van der Waals surface area contributed by atoms with Crippen LogP contribution in [0.4, 0.5) is 0 Å². The molecule has 0 aromatic carbocycles. The summed E-state index contributed by atoms with van der Waals surface area (Å²) in [4.78, 5) is 12.6. The second kappa shape index (κ2) is 5.87. The maximum Gasteiger partial charge on any atom is 0.269 e. The number of alkyl halides is 1. The molecule has 1 saturated carbocycles. The Labute approximate surface area is 116 Å². The zero-order valence-corrected chi connectivity index (χ0v) is 12.5. The van der Waals surface area contributed by atoms with Crippen LogP contribution in [0, 0.1) is 6.92 Å². The lowest BCUT2D eigenvalue weighted by molar-refractivity contribution is 0.0925. The highest BCUT2D eigenvalue weighted by Crippen LogP contribution is 2.24. The van der Waals surface area contributed by atoms with Crippen molar-refractivity contribution in [2.45, 2.75) is 49.9 Å². The summed E-state index contributed by atoms with van der Waals surface area (Å²) in [5.74, 6) is -0.0190. The average Bonchev–Trinajstić information content (AvgIpc) is 2.52. The predicted molar refractivity (Wildman–Crippen MR) is 75.0 cm³/mol. The molecule has 1 amide bonds. The fourth-order valence-electron chi connectivity index (χ4n) is 2.49. The van der Waals surface area contributed by atoms with E-state index in [9.17, 15) is 4.79 Å². The number of amides is 1. The van der Waals surface area contributed by atoms with Gasteiger partial charge in [0.05, 0.1) is 5.69 Å². The lowest BCUT2D eigenvalue weighted by Gasteiger charge is -2.21. The number of halogens is 1. The Hall–Kier alpha value is -0.840. The van der Waals surface area contributed by atoms with Gasteiger partial charge in [-0.05, 0) is 25.8 Å². The second-order valence-corrected chi connectivity index (χ2v) is 6.20. The molecule has 1 aromatic rings. The number of carbonyl (C=O) groups excluding carboxylic acids is 1. The monoisotopic (exact) mass is 313 g/mol. The van der Waals surface area contributed by atoms with Crippen LogP contribution in [-0.2, 0) is 7.05 Å². The molecule has 0 bridgehead atoms. The van der Waals surface area contributed by atoms with Gasteiger partial charge in [-0.1, -0.05) is 35.2 Å². The maximum absolute atomic E-state index is 12.2. The third kappa shape index (κ3) is 3.13. The van der Waals surface area contributed by atoms with Crippen LogP contribution in [0.1, 0.15) is 48.3 Å².